The van der Waals surface area contributed by atoms with E-state index in [2.05, 4.69) is 262 Å². The summed E-state index contributed by atoms with van der Waals surface area (Å²) in [7, 11) is 0. The van der Waals surface area contributed by atoms with Gasteiger partial charge in [0, 0.05) is 72.5 Å². The summed E-state index contributed by atoms with van der Waals surface area (Å²) in [5.41, 5.74) is 18.5. The Labute approximate surface area is 500 Å². The molecular formula is C78H68N6O2. The molecule has 0 saturated carbocycles. The van der Waals surface area contributed by atoms with Crippen LogP contribution in [0.5, 0.6) is 0 Å². The lowest BCUT2D eigenvalue weighted by Crippen LogP contribution is -2.17. The number of furan rings is 2. The van der Waals surface area contributed by atoms with E-state index in [1.165, 1.54) is 22.3 Å². The van der Waals surface area contributed by atoms with E-state index >= 15 is 0 Å². The largest absolute Gasteiger partial charge is 0.455 e. The number of nitrogens with zero attached hydrogens (tertiary/aromatic N) is 6. The highest BCUT2D eigenvalue weighted by Gasteiger charge is 2.29. The summed E-state index contributed by atoms with van der Waals surface area (Å²) in [5, 5.41) is 8.66. The van der Waals surface area contributed by atoms with E-state index in [-0.39, 0.29) is 21.7 Å². The normalized spacial score (nSPS) is 12.9. The van der Waals surface area contributed by atoms with Gasteiger partial charge in [0.25, 0.3) is 0 Å². The lowest BCUT2D eigenvalue weighted by Gasteiger charge is -2.26. The summed E-state index contributed by atoms with van der Waals surface area (Å²) in [6.45, 7) is 27.3. The Hall–Kier alpha value is -9.66. The van der Waals surface area contributed by atoms with Crippen LogP contribution >= 0.6 is 0 Å². The average Bonchev–Trinajstić information content (AvgIpc) is 1.58. The minimum atomic E-state index is -0.138. The lowest BCUT2D eigenvalue weighted by molar-refractivity contribution is 0.568. The molecule has 6 heterocycles. The van der Waals surface area contributed by atoms with Crippen LogP contribution in [0.4, 0.5) is 0 Å². The van der Waals surface area contributed by atoms with Gasteiger partial charge >= 0.3 is 0 Å². The van der Waals surface area contributed by atoms with Crippen LogP contribution < -0.4 is 0 Å². The maximum Gasteiger partial charge on any atom is 0.164 e. The van der Waals surface area contributed by atoms with Gasteiger partial charge in [-0.3, -0.25) is 4.98 Å². The minimum Gasteiger partial charge on any atom is -0.455 e. The molecule has 422 valence electrons. The van der Waals surface area contributed by atoms with Crippen molar-refractivity contribution < 1.29 is 8.83 Å². The third-order valence-electron chi connectivity index (χ3n) is 17.7. The van der Waals surface area contributed by atoms with Gasteiger partial charge in [0.05, 0.1) is 44.2 Å². The number of hydrogen-bond acceptors (Lipinski definition) is 6. The predicted molar refractivity (Wildman–Crippen MR) is 357 cm³/mol. The first-order valence-electron chi connectivity index (χ1n) is 30.0. The Morgan fingerprint density at radius 1 is 0.326 bits per heavy atom. The van der Waals surface area contributed by atoms with Crippen molar-refractivity contribution >= 4 is 87.5 Å². The zero-order valence-corrected chi connectivity index (χ0v) is 51.0. The van der Waals surface area contributed by atoms with Gasteiger partial charge in [-0.05, 0) is 141 Å². The van der Waals surface area contributed by atoms with Gasteiger partial charge in [-0.2, -0.15) is 0 Å². The van der Waals surface area contributed by atoms with E-state index in [1.54, 1.807) is 0 Å². The first kappa shape index (κ1) is 53.1. The third kappa shape index (κ3) is 8.54. The van der Waals surface area contributed by atoms with Crippen LogP contribution in [0.25, 0.3) is 144 Å². The van der Waals surface area contributed by atoms with E-state index in [0.717, 1.165) is 127 Å². The number of para-hydroxylation sites is 4. The molecule has 0 bridgehead atoms. The Bertz CT molecular complexity index is 5130. The molecule has 8 nitrogen and oxygen atoms in total. The quantitative estimate of drug-likeness (QED) is 0.165. The molecule has 0 spiro atoms. The molecule has 0 N–H and O–H groups in total. The number of hydrogen-bond donors (Lipinski definition) is 0. The van der Waals surface area contributed by atoms with Crippen LogP contribution in [0, 0.1) is 0 Å². The second-order valence-electron chi connectivity index (χ2n) is 27.6. The van der Waals surface area contributed by atoms with Gasteiger partial charge in [-0.15, -0.1) is 0 Å². The zero-order valence-electron chi connectivity index (χ0n) is 51.0. The van der Waals surface area contributed by atoms with Crippen LogP contribution in [0.1, 0.15) is 105 Å². The molecule has 0 radical (unpaired) electrons. The maximum atomic E-state index is 6.86. The molecule has 0 aliphatic carbocycles. The summed E-state index contributed by atoms with van der Waals surface area (Å²) in [4.78, 5) is 21.7. The van der Waals surface area contributed by atoms with Gasteiger partial charge in [0.1, 0.15) is 22.3 Å². The molecule has 0 amide bonds. The molecule has 15 aromatic rings. The molecule has 15 rings (SSSR count). The fourth-order valence-electron chi connectivity index (χ4n) is 12.9. The van der Waals surface area contributed by atoms with Crippen molar-refractivity contribution in [2.45, 2.75) is 105 Å². The first-order chi connectivity index (χ1) is 41.2. The minimum absolute atomic E-state index is 0.138. The molecule has 0 fully saturated rings. The molecule has 0 saturated heterocycles. The van der Waals surface area contributed by atoms with Crippen LogP contribution in [-0.2, 0) is 21.7 Å². The molecule has 9 aromatic carbocycles. The van der Waals surface area contributed by atoms with Crippen molar-refractivity contribution in [3.63, 3.8) is 0 Å². The first-order valence-corrected chi connectivity index (χ1v) is 30.0. The Morgan fingerprint density at radius 3 is 1.16 bits per heavy atom. The number of benzene rings is 9. The highest BCUT2D eigenvalue weighted by Crippen LogP contribution is 2.47. The van der Waals surface area contributed by atoms with Crippen molar-refractivity contribution in [3.8, 4) is 56.7 Å². The number of pyridine rings is 1. The molecule has 0 aliphatic rings. The van der Waals surface area contributed by atoms with Crippen molar-refractivity contribution in [2.24, 2.45) is 0 Å². The van der Waals surface area contributed by atoms with Crippen LogP contribution in [-0.4, -0.2) is 29.1 Å². The van der Waals surface area contributed by atoms with E-state index in [0.29, 0.717) is 17.5 Å². The van der Waals surface area contributed by atoms with Crippen LogP contribution in [0.2, 0.25) is 0 Å². The molecular weight excluding hydrogens is 1050 g/mol. The van der Waals surface area contributed by atoms with Crippen molar-refractivity contribution in [3.05, 3.63) is 217 Å². The van der Waals surface area contributed by atoms with Crippen LogP contribution in [0.3, 0.4) is 0 Å². The fraction of sp³-hybridized carbons (Fsp3) is 0.205. The lowest BCUT2D eigenvalue weighted by atomic mass is 9.79. The van der Waals surface area contributed by atoms with Gasteiger partial charge in [0.2, 0.25) is 0 Å². The molecule has 0 unspecified atom stereocenters. The standard InChI is InChI=1S/C78H68N6O2/c1-75(2,3)48-37-46(38-49(42-48)76(4,5)6)73-80-72(81-74(82-73)47-39-50(77(7,8)9)43-51(40-47)78(10,11)12)45-29-32-62(83-60-25-17-13-23-56(60)68-64(83)33-30-54-52-21-15-19-27-66(52)85-70(54)68)58(41-45)59-44-79-36-35-63(59)84-61-26-18-14-24-57(61)69-65(84)34-31-55-53-22-16-20-28-67(53)86-71(55)69/h13-44H,1-12H3. The highest BCUT2D eigenvalue weighted by molar-refractivity contribution is 6.25. The summed E-state index contributed by atoms with van der Waals surface area (Å²) in [6, 6.07) is 65.6. The van der Waals surface area contributed by atoms with Crippen LogP contribution in [0.15, 0.2) is 203 Å². The second-order valence-corrected chi connectivity index (χ2v) is 27.6. The smallest absolute Gasteiger partial charge is 0.164 e. The fourth-order valence-corrected chi connectivity index (χ4v) is 12.9. The third-order valence-corrected chi connectivity index (χ3v) is 17.7. The van der Waals surface area contributed by atoms with Crippen molar-refractivity contribution in [1.29, 1.82) is 0 Å². The number of fused-ring (bicyclic) bond motifs is 14. The average molecular weight is 1120 g/mol. The van der Waals surface area contributed by atoms with Gasteiger partial charge in [0.15, 0.2) is 17.5 Å². The van der Waals surface area contributed by atoms with E-state index in [4.69, 9.17) is 28.8 Å². The van der Waals surface area contributed by atoms with E-state index < -0.39 is 0 Å². The topological polar surface area (TPSA) is 87.7 Å². The monoisotopic (exact) mass is 1120 g/mol. The summed E-state index contributed by atoms with van der Waals surface area (Å²) in [6.07, 6.45) is 3.92. The molecule has 0 aliphatic heterocycles. The predicted octanol–water partition coefficient (Wildman–Crippen LogP) is 21.1. The SMILES string of the molecule is CC(C)(C)c1cc(-c2nc(-c3cc(C(C)(C)C)cc(C(C)(C)C)c3)nc(-c3ccc(-n4c5ccccc5c5c6oc7ccccc7c6ccc54)c(-c4cnccc4-n4c5ccccc5c5c6oc7ccccc7c6ccc54)c3)n2)cc(C(C)(C)C)c1. The molecule has 86 heavy (non-hydrogen) atoms. The molecule has 6 aromatic heterocycles. The summed E-state index contributed by atoms with van der Waals surface area (Å²) >= 11 is 0. The number of aromatic nitrogens is 6. The summed E-state index contributed by atoms with van der Waals surface area (Å²) in [5.74, 6) is 1.80. The summed E-state index contributed by atoms with van der Waals surface area (Å²) < 4.78 is 18.5. The van der Waals surface area contributed by atoms with Gasteiger partial charge < -0.3 is 18.0 Å². The van der Waals surface area contributed by atoms with Gasteiger partial charge in [-0.1, -0.05) is 168 Å². The van der Waals surface area contributed by atoms with Gasteiger partial charge in [-0.25, -0.2) is 15.0 Å². The highest BCUT2D eigenvalue weighted by atomic mass is 16.3. The zero-order chi connectivity index (χ0) is 59.3. The maximum absolute atomic E-state index is 6.86. The van der Waals surface area contributed by atoms with E-state index in [9.17, 15) is 0 Å². The Balaban J connectivity index is 1.04. The Morgan fingerprint density at radius 2 is 0.721 bits per heavy atom. The van der Waals surface area contributed by atoms with Crippen molar-refractivity contribution in [1.82, 2.24) is 29.1 Å². The van der Waals surface area contributed by atoms with E-state index in [1.807, 2.05) is 24.5 Å². The number of rotatable bonds is 6. The van der Waals surface area contributed by atoms with Crippen molar-refractivity contribution in [2.75, 3.05) is 0 Å². The molecule has 0 atom stereocenters. The Kier molecular flexibility index (Phi) is 11.7. The second kappa shape index (κ2) is 18.9. The molecule has 8 heteroatoms.